The molecule has 0 saturated heterocycles. The first-order chi connectivity index (χ1) is 8.22. The first-order valence-corrected chi connectivity index (χ1v) is 7.35. The van der Waals surface area contributed by atoms with Crippen LogP contribution in [0.15, 0.2) is 27.6 Å². The fourth-order valence-corrected chi connectivity index (χ4v) is 3.30. The number of ether oxygens (including phenoxy) is 1. The lowest BCUT2D eigenvalue weighted by molar-refractivity contribution is 0.411. The van der Waals surface area contributed by atoms with E-state index in [-0.39, 0.29) is 4.90 Å². The van der Waals surface area contributed by atoms with E-state index < -0.39 is 15.6 Å². The molecule has 0 saturated carbocycles. The third-order valence-electron chi connectivity index (χ3n) is 2.18. The fourth-order valence-electron chi connectivity index (χ4n) is 1.24. The Labute approximate surface area is 116 Å². The molecule has 0 radical (unpaired) electrons. The Morgan fingerprint density at radius 3 is 2.50 bits per heavy atom. The Hall–Kier alpha value is -1.03. The first-order valence-electron chi connectivity index (χ1n) is 5.07. The number of benzene rings is 1. The van der Waals surface area contributed by atoms with Crippen molar-refractivity contribution in [2.45, 2.75) is 24.3 Å². The Balaban J connectivity index is 3.15. The SMILES string of the molecule is C#CC(C)(C)NS(=O)(=O)c1ccc(OC)c(Br)c1. The normalized spacial score (nSPS) is 11.9. The quantitative estimate of drug-likeness (QED) is 0.860. The summed E-state index contributed by atoms with van der Waals surface area (Å²) in [5.74, 6) is 2.94. The molecule has 0 heterocycles. The second-order valence-corrected chi connectivity index (χ2v) is 6.71. The van der Waals surface area contributed by atoms with Crippen molar-refractivity contribution in [2.24, 2.45) is 0 Å². The van der Waals surface area contributed by atoms with Crippen LogP contribution in [0.25, 0.3) is 0 Å². The van der Waals surface area contributed by atoms with E-state index in [0.29, 0.717) is 10.2 Å². The molecule has 0 aliphatic heterocycles. The third kappa shape index (κ3) is 3.48. The molecule has 0 bridgehead atoms. The van der Waals surface area contributed by atoms with Gasteiger partial charge in [0.25, 0.3) is 0 Å². The predicted octanol–water partition coefficient (Wildman–Crippen LogP) is 2.15. The van der Waals surface area contributed by atoms with E-state index >= 15 is 0 Å². The van der Waals surface area contributed by atoms with E-state index in [1.54, 1.807) is 19.9 Å². The molecule has 0 unspecified atom stereocenters. The smallest absolute Gasteiger partial charge is 0.241 e. The van der Waals surface area contributed by atoms with Gasteiger partial charge in [-0.3, -0.25) is 0 Å². The van der Waals surface area contributed by atoms with Gasteiger partial charge in [0, 0.05) is 0 Å². The van der Waals surface area contributed by atoms with E-state index in [4.69, 9.17) is 11.2 Å². The molecule has 0 amide bonds. The van der Waals surface area contributed by atoms with Gasteiger partial charge in [-0.15, -0.1) is 6.42 Å². The molecule has 98 valence electrons. The number of nitrogens with one attached hydrogen (secondary N) is 1. The van der Waals surface area contributed by atoms with Gasteiger partial charge in [-0.25, -0.2) is 8.42 Å². The summed E-state index contributed by atoms with van der Waals surface area (Å²) in [7, 11) is -2.15. The van der Waals surface area contributed by atoms with E-state index in [2.05, 4.69) is 26.6 Å². The van der Waals surface area contributed by atoms with Crippen LogP contribution in [0.2, 0.25) is 0 Å². The van der Waals surface area contributed by atoms with Crippen molar-refractivity contribution in [3.63, 3.8) is 0 Å². The number of hydrogen-bond acceptors (Lipinski definition) is 3. The minimum atomic E-state index is -3.66. The van der Waals surface area contributed by atoms with Crippen molar-refractivity contribution < 1.29 is 13.2 Å². The molecule has 1 N–H and O–H groups in total. The van der Waals surface area contributed by atoms with Crippen molar-refractivity contribution in [3.8, 4) is 18.1 Å². The maximum atomic E-state index is 12.1. The Morgan fingerprint density at radius 2 is 2.06 bits per heavy atom. The summed E-state index contributed by atoms with van der Waals surface area (Å²) in [6, 6.07) is 4.49. The molecule has 1 aromatic rings. The van der Waals surface area contributed by atoms with E-state index in [0.717, 1.165) is 0 Å². The molecule has 1 rings (SSSR count). The number of methoxy groups -OCH3 is 1. The molecule has 0 aliphatic carbocycles. The number of terminal acetylenes is 1. The van der Waals surface area contributed by atoms with Gasteiger partial charge in [0.15, 0.2) is 0 Å². The van der Waals surface area contributed by atoms with E-state index in [1.165, 1.54) is 19.2 Å². The minimum absolute atomic E-state index is 0.124. The van der Waals surface area contributed by atoms with Gasteiger partial charge in [0.2, 0.25) is 10.0 Å². The van der Waals surface area contributed by atoms with Gasteiger partial charge >= 0.3 is 0 Å². The molecule has 0 aromatic heterocycles. The molecule has 4 nitrogen and oxygen atoms in total. The van der Waals surface area contributed by atoms with Crippen LogP contribution in [0.4, 0.5) is 0 Å². The standard InChI is InChI=1S/C12H14BrNO3S/c1-5-12(2,3)14-18(15,16)9-6-7-11(17-4)10(13)8-9/h1,6-8,14H,2-4H3. The topological polar surface area (TPSA) is 55.4 Å². The highest BCUT2D eigenvalue weighted by molar-refractivity contribution is 9.10. The Morgan fingerprint density at radius 1 is 1.44 bits per heavy atom. The first kappa shape index (κ1) is 15.0. The van der Waals surface area contributed by atoms with Crippen LogP contribution in [0.3, 0.4) is 0 Å². The molecule has 6 heteroatoms. The Kier molecular flexibility index (Phi) is 4.43. The monoisotopic (exact) mass is 331 g/mol. The van der Waals surface area contributed by atoms with Crippen LogP contribution in [0.1, 0.15) is 13.8 Å². The highest BCUT2D eigenvalue weighted by atomic mass is 79.9. The molecule has 0 fully saturated rings. The lowest BCUT2D eigenvalue weighted by Crippen LogP contribution is -2.41. The van der Waals surface area contributed by atoms with Crippen molar-refractivity contribution >= 4 is 26.0 Å². The van der Waals surface area contributed by atoms with Crippen LogP contribution >= 0.6 is 15.9 Å². The molecule has 1 aromatic carbocycles. The Bertz CT molecular complexity index is 588. The summed E-state index contributed by atoms with van der Waals surface area (Å²) in [5.41, 5.74) is -0.939. The highest BCUT2D eigenvalue weighted by Crippen LogP contribution is 2.27. The zero-order chi connectivity index (χ0) is 14.0. The van der Waals surface area contributed by atoms with Gasteiger partial charge in [-0.1, -0.05) is 5.92 Å². The molecule has 0 aliphatic rings. The predicted molar refractivity (Wildman–Crippen MR) is 73.9 cm³/mol. The molecular weight excluding hydrogens is 318 g/mol. The van der Waals surface area contributed by atoms with Crippen molar-refractivity contribution in [1.82, 2.24) is 4.72 Å². The summed E-state index contributed by atoms with van der Waals surface area (Å²) >= 11 is 3.24. The zero-order valence-corrected chi connectivity index (χ0v) is 12.7. The maximum Gasteiger partial charge on any atom is 0.241 e. The van der Waals surface area contributed by atoms with Crippen LogP contribution in [-0.4, -0.2) is 21.1 Å². The lowest BCUT2D eigenvalue weighted by Gasteiger charge is -2.19. The van der Waals surface area contributed by atoms with Crippen molar-refractivity contribution in [3.05, 3.63) is 22.7 Å². The number of sulfonamides is 1. The van der Waals surface area contributed by atoms with Crippen LogP contribution < -0.4 is 9.46 Å². The van der Waals surface area contributed by atoms with Gasteiger partial charge in [0.05, 0.1) is 22.0 Å². The van der Waals surface area contributed by atoms with Crippen LogP contribution in [-0.2, 0) is 10.0 Å². The zero-order valence-electron chi connectivity index (χ0n) is 10.3. The maximum absolute atomic E-state index is 12.1. The summed E-state index contributed by atoms with van der Waals surface area (Å²) in [5, 5.41) is 0. The second-order valence-electron chi connectivity index (χ2n) is 4.17. The van der Waals surface area contributed by atoms with Gasteiger partial charge in [-0.05, 0) is 48.0 Å². The highest BCUT2D eigenvalue weighted by Gasteiger charge is 2.24. The molecule has 0 spiro atoms. The summed E-state index contributed by atoms with van der Waals surface area (Å²) in [6.07, 6.45) is 5.26. The largest absolute Gasteiger partial charge is 0.496 e. The average Bonchev–Trinajstić information content (AvgIpc) is 2.27. The van der Waals surface area contributed by atoms with E-state index in [9.17, 15) is 8.42 Å². The number of halogens is 1. The van der Waals surface area contributed by atoms with Gasteiger partial charge in [0.1, 0.15) is 5.75 Å². The van der Waals surface area contributed by atoms with Crippen molar-refractivity contribution in [2.75, 3.05) is 7.11 Å². The van der Waals surface area contributed by atoms with E-state index in [1.807, 2.05) is 0 Å². The average molecular weight is 332 g/mol. The minimum Gasteiger partial charge on any atom is -0.496 e. The number of hydrogen-bond donors (Lipinski definition) is 1. The fraction of sp³-hybridized carbons (Fsp3) is 0.333. The van der Waals surface area contributed by atoms with Crippen LogP contribution in [0, 0.1) is 12.3 Å². The van der Waals surface area contributed by atoms with Crippen LogP contribution in [0.5, 0.6) is 5.75 Å². The van der Waals surface area contributed by atoms with Gasteiger partial charge < -0.3 is 4.74 Å². The lowest BCUT2D eigenvalue weighted by atomic mass is 10.1. The molecule has 0 atom stereocenters. The molecule has 18 heavy (non-hydrogen) atoms. The molecular formula is C12H14BrNO3S. The summed E-state index contributed by atoms with van der Waals surface area (Å²) in [6.45, 7) is 3.23. The number of rotatable bonds is 4. The van der Waals surface area contributed by atoms with Crippen molar-refractivity contribution in [1.29, 1.82) is 0 Å². The third-order valence-corrected chi connectivity index (χ3v) is 4.46. The summed E-state index contributed by atoms with van der Waals surface area (Å²) < 4.78 is 32.2. The van der Waals surface area contributed by atoms with Gasteiger partial charge in [-0.2, -0.15) is 4.72 Å². The summed E-state index contributed by atoms with van der Waals surface area (Å²) in [4.78, 5) is 0.124. The second kappa shape index (κ2) is 5.31.